The molecule has 0 aliphatic rings. The number of benzene rings is 1. The van der Waals surface area contributed by atoms with Gasteiger partial charge in [-0.15, -0.1) is 0 Å². The van der Waals surface area contributed by atoms with Crippen LogP contribution in [0.3, 0.4) is 0 Å². The van der Waals surface area contributed by atoms with Gasteiger partial charge in [-0.2, -0.15) is 10.4 Å². The van der Waals surface area contributed by atoms with Gasteiger partial charge in [-0.1, -0.05) is 6.07 Å². The predicted octanol–water partition coefficient (Wildman–Crippen LogP) is 1.87. The van der Waals surface area contributed by atoms with Crippen LogP contribution in [-0.4, -0.2) is 9.78 Å². The monoisotopic (exact) mass is 213 g/mol. The van der Waals surface area contributed by atoms with Crippen LogP contribution in [0.25, 0.3) is 0 Å². The first-order valence-electron chi connectivity index (χ1n) is 4.88. The molecule has 0 fully saturated rings. The van der Waals surface area contributed by atoms with Crippen molar-refractivity contribution >= 4 is 0 Å². The molecule has 2 aromatic rings. The molecular formula is C12H11N3O. The Kier molecular flexibility index (Phi) is 2.88. The van der Waals surface area contributed by atoms with Crippen molar-refractivity contribution in [3.8, 4) is 11.8 Å². The molecule has 0 bridgehead atoms. The van der Waals surface area contributed by atoms with Crippen LogP contribution in [0.4, 0.5) is 0 Å². The van der Waals surface area contributed by atoms with Gasteiger partial charge in [0.25, 0.3) is 0 Å². The zero-order chi connectivity index (χ0) is 11.4. The maximum atomic E-state index is 8.73. The molecule has 16 heavy (non-hydrogen) atoms. The summed E-state index contributed by atoms with van der Waals surface area (Å²) < 4.78 is 7.27. The molecular weight excluding hydrogens is 202 g/mol. The van der Waals surface area contributed by atoms with E-state index in [-0.39, 0.29) is 0 Å². The molecule has 4 heteroatoms. The molecule has 0 spiro atoms. The summed E-state index contributed by atoms with van der Waals surface area (Å²) in [6, 6.07) is 9.17. The molecule has 0 unspecified atom stereocenters. The second kappa shape index (κ2) is 4.49. The number of hydrogen-bond acceptors (Lipinski definition) is 3. The summed E-state index contributed by atoms with van der Waals surface area (Å²) in [5.74, 6) is 0.697. The first-order valence-corrected chi connectivity index (χ1v) is 4.88. The molecule has 2 rings (SSSR count). The molecule has 0 saturated heterocycles. The summed E-state index contributed by atoms with van der Waals surface area (Å²) in [7, 11) is 1.86. The van der Waals surface area contributed by atoms with Crippen molar-refractivity contribution in [2.45, 2.75) is 6.61 Å². The smallest absolute Gasteiger partial charge is 0.121 e. The van der Waals surface area contributed by atoms with Crippen LogP contribution in [0.2, 0.25) is 0 Å². The van der Waals surface area contributed by atoms with Gasteiger partial charge in [0.1, 0.15) is 12.4 Å². The minimum atomic E-state index is 0.461. The molecule has 1 heterocycles. The highest BCUT2D eigenvalue weighted by Crippen LogP contribution is 2.14. The Bertz CT molecular complexity index is 525. The van der Waals surface area contributed by atoms with E-state index in [0.717, 1.165) is 5.56 Å². The van der Waals surface area contributed by atoms with Gasteiger partial charge in [0.05, 0.1) is 17.8 Å². The Morgan fingerprint density at radius 1 is 1.50 bits per heavy atom. The lowest BCUT2D eigenvalue weighted by Gasteiger charge is -2.03. The standard InChI is InChI=1S/C12H11N3O/c1-15-8-11(7-14-15)9-16-12-4-2-3-10(5-12)6-13/h2-5,7-8H,9H2,1H3. The second-order valence-electron chi connectivity index (χ2n) is 3.45. The summed E-state index contributed by atoms with van der Waals surface area (Å²) >= 11 is 0. The van der Waals surface area contributed by atoms with Crippen molar-refractivity contribution in [1.29, 1.82) is 5.26 Å². The third-order valence-corrected chi connectivity index (χ3v) is 2.13. The maximum absolute atomic E-state index is 8.73. The van der Waals surface area contributed by atoms with Crippen LogP contribution in [-0.2, 0) is 13.7 Å². The molecule has 0 N–H and O–H groups in total. The summed E-state index contributed by atoms with van der Waals surface area (Å²) in [6.07, 6.45) is 3.66. The Balaban J connectivity index is 2.02. The largest absolute Gasteiger partial charge is 0.489 e. The fourth-order valence-electron chi connectivity index (χ4n) is 1.37. The van der Waals surface area contributed by atoms with Gasteiger partial charge in [-0.05, 0) is 18.2 Å². The average Bonchev–Trinajstić information content (AvgIpc) is 2.73. The molecule has 4 nitrogen and oxygen atoms in total. The van der Waals surface area contributed by atoms with Crippen molar-refractivity contribution < 1.29 is 4.74 Å². The molecule has 80 valence electrons. The summed E-state index contributed by atoms with van der Waals surface area (Å²) in [6.45, 7) is 0.461. The van der Waals surface area contributed by atoms with E-state index in [0.29, 0.717) is 17.9 Å². The van der Waals surface area contributed by atoms with Crippen molar-refractivity contribution in [1.82, 2.24) is 9.78 Å². The predicted molar refractivity (Wildman–Crippen MR) is 58.7 cm³/mol. The van der Waals surface area contributed by atoms with Crippen molar-refractivity contribution in [3.05, 3.63) is 47.8 Å². The Morgan fingerprint density at radius 3 is 3.06 bits per heavy atom. The minimum Gasteiger partial charge on any atom is -0.489 e. The molecule has 1 aromatic heterocycles. The quantitative estimate of drug-likeness (QED) is 0.782. The number of rotatable bonds is 3. The van der Waals surface area contributed by atoms with Gasteiger partial charge in [-0.3, -0.25) is 4.68 Å². The summed E-state index contributed by atoms with van der Waals surface area (Å²) in [4.78, 5) is 0. The molecule has 0 atom stereocenters. The van der Waals surface area contributed by atoms with E-state index < -0.39 is 0 Å². The van der Waals surface area contributed by atoms with E-state index in [1.165, 1.54) is 0 Å². The lowest BCUT2D eigenvalue weighted by atomic mass is 10.2. The second-order valence-corrected chi connectivity index (χ2v) is 3.45. The SMILES string of the molecule is Cn1cc(COc2cccc(C#N)c2)cn1. The van der Waals surface area contributed by atoms with Crippen LogP contribution in [0.1, 0.15) is 11.1 Å². The lowest BCUT2D eigenvalue weighted by molar-refractivity contribution is 0.306. The summed E-state index contributed by atoms with van der Waals surface area (Å²) in [5, 5.41) is 12.8. The molecule has 1 aromatic carbocycles. The highest BCUT2D eigenvalue weighted by Gasteiger charge is 1.99. The number of ether oxygens (including phenoxy) is 1. The first kappa shape index (κ1) is 10.2. The number of hydrogen-bond donors (Lipinski definition) is 0. The normalized spacial score (nSPS) is 9.75. The van der Waals surface area contributed by atoms with E-state index in [2.05, 4.69) is 11.2 Å². The van der Waals surface area contributed by atoms with Gasteiger partial charge in [-0.25, -0.2) is 0 Å². The van der Waals surface area contributed by atoms with Crippen molar-refractivity contribution in [2.24, 2.45) is 7.05 Å². The van der Waals surface area contributed by atoms with Crippen LogP contribution in [0.5, 0.6) is 5.75 Å². The van der Waals surface area contributed by atoms with Crippen molar-refractivity contribution in [3.63, 3.8) is 0 Å². The first-order chi connectivity index (χ1) is 7.78. The van der Waals surface area contributed by atoms with Gasteiger partial charge in [0.15, 0.2) is 0 Å². The number of nitrogens with zero attached hydrogens (tertiary/aromatic N) is 3. The Hall–Kier alpha value is -2.28. The zero-order valence-electron chi connectivity index (χ0n) is 8.92. The molecule has 0 amide bonds. The van der Waals surface area contributed by atoms with E-state index in [9.17, 15) is 0 Å². The van der Waals surface area contributed by atoms with E-state index in [1.807, 2.05) is 19.3 Å². The van der Waals surface area contributed by atoms with E-state index in [1.54, 1.807) is 29.1 Å². The Morgan fingerprint density at radius 2 is 2.38 bits per heavy atom. The highest BCUT2D eigenvalue weighted by molar-refractivity contribution is 5.36. The van der Waals surface area contributed by atoms with Gasteiger partial charge in [0, 0.05) is 18.8 Å². The van der Waals surface area contributed by atoms with E-state index in [4.69, 9.17) is 10.00 Å². The third-order valence-electron chi connectivity index (χ3n) is 2.13. The van der Waals surface area contributed by atoms with Crippen LogP contribution in [0, 0.1) is 11.3 Å². The van der Waals surface area contributed by atoms with Gasteiger partial charge < -0.3 is 4.74 Å². The third kappa shape index (κ3) is 2.39. The molecule has 0 saturated carbocycles. The van der Waals surface area contributed by atoms with Gasteiger partial charge in [0.2, 0.25) is 0 Å². The average molecular weight is 213 g/mol. The highest BCUT2D eigenvalue weighted by atomic mass is 16.5. The fourth-order valence-corrected chi connectivity index (χ4v) is 1.37. The topological polar surface area (TPSA) is 50.8 Å². The summed E-state index contributed by atoms with van der Waals surface area (Å²) in [5.41, 5.74) is 1.61. The zero-order valence-corrected chi connectivity index (χ0v) is 8.92. The van der Waals surface area contributed by atoms with E-state index >= 15 is 0 Å². The molecule has 0 aliphatic carbocycles. The minimum absolute atomic E-state index is 0.461. The van der Waals surface area contributed by atoms with Crippen molar-refractivity contribution in [2.75, 3.05) is 0 Å². The fraction of sp³-hybridized carbons (Fsp3) is 0.167. The Labute approximate surface area is 93.7 Å². The molecule has 0 radical (unpaired) electrons. The van der Waals surface area contributed by atoms with Crippen LogP contribution in [0.15, 0.2) is 36.7 Å². The van der Waals surface area contributed by atoms with Gasteiger partial charge >= 0.3 is 0 Å². The number of aromatic nitrogens is 2. The van der Waals surface area contributed by atoms with Crippen LogP contribution >= 0.6 is 0 Å². The maximum Gasteiger partial charge on any atom is 0.121 e. The number of nitriles is 1. The molecule has 0 aliphatic heterocycles. The lowest BCUT2D eigenvalue weighted by Crippen LogP contribution is -1.94. The van der Waals surface area contributed by atoms with Crippen LogP contribution < -0.4 is 4.74 Å². The number of aryl methyl sites for hydroxylation is 1.